The van der Waals surface area contributed by atoms with Gasteiger partial charge in [-0.25, -0.2) is 19.4 Å². The Kier molecular flexibility index (Phi) is 5.95. The van der Waals surface area contributed by atoms with E-state index in [4.69, 9.17) is 11.6 Å². The molecule has 2 heterocycles. The van der Waals surface area contributed by atoms with Gasteiger partial charge in [-0.15, -0.1) is 0 Å². The van der Waals surface area contributed by atoms with Gasteiger partial charge in [-0.1, -0.05) is 41.9 Å². The first kappa shape index (κ1) is 20.6. The molecule has 0 radical (unpaired) electrons. The Morgan fingerprint density at radius 1 is 1.03 bits per heavy atom. The average molecular weight is 435 g/mol. The maximum absolute atomic E-state index is 11.8. The maximum Gasteiger partial charge on any atom is 0.339 e. The summed E-state index contributed by atoms with van der Waals surface area (Å²) in [5.74, 6) is 0.277. The van der Waals surface area contributed by atoms with Gasteiger partial charge in [0.1, 0.15) is 22.8 Å². The van der Waals surface area contributed by atoms with Gasteiger partial charge < -0.3 is 10.2 Å². The first-order chi connectivity index (χ1) is 15.0. The molecule has 7 nitrogen and oxygen atoms in total. The molecule has 0 atom stereocenters. The van der Waals surface area contributed by atoms with Gasteiger partial charge in [-0.05, 0) is 36.6 Å². The molecule has 0 saturated heterocycles. The molecule has 31 heavy (non-hydrogen) atoms. The zero-order chi connectivity index (χ0) is 21.8. The molecule has 0 spiro atoms. The molecular formula is C23H19ClN4O3. The lowest BCUT2D eigenvalue weighted by atomic mass is 10.1. The van der Waals surface area contributed by atoms with Crippen molar-refractivity contribution in [2.24, 2.45) is 0 Å². The molecule has 4 aromatic rings. The Labute approximate surface area is 183 Å². The van der Waals surface area contributed by atoms with Gasteiger partial charge in [0.25, 0.3) is 0 Å². The molecule has 0 bridgehead atoms. The highest BCUT2D eigenvalue weighted by Gasteiger charge is 2.20. The molecule has 4 rings (SSSR count). The lowest BCUT2D eigenvalue weighted by molar-refractivity contribution is 0.0697. The summed E-state index contributed by atoms with van der Waals surface area (Å²) in [4.78, 5) is 20.6. The van der Waals surface area contributed by atoms with E-state index in [2.05, 4.69) is 15.1 Å². The predicted molar refractivity (Wildman–Crippen MR) is 117 cm³/mol. The number of carbonyl (C=O) groups is 1. The van der Waals surface area contributed by atoms with Crippen molar-refractivity contribution in [3.05, 3.63) is 89.0 Å². The number of hydrogen-bond donors (Lipinski definition) is 2. The molecule has 2 aromatic carbocycles. The number of hydrogen-bond acceptors (Lipinski definition) is 5. The first-order valence-corrected chi connectivity index (χ1v) is 10.1. The summed E-state index contributed by atoms with van der Waals surface area (Å²) in [6.07, 6.45) is 5.38. The largest absolute Gasteiger partial charge is 0.508 e. The van der Waals surface area contributed by atoms with Crippen LogP contribution in [-0.4, -0.2) is 35.9 Å². The minimum absolute atomic E-state index is 0.0422. The third kappa shape index (κ3) is 4.73. The number of aromatic nitrogens is 4. The molecule has 0 amide bonds. The molecule has 0 aliphatic rings. The second-order valence-corrected chi connectivity index (χ2v) is 7.38. The number of aromatic hydroxyl groups is 1. The topological polar surface area (TPSA) is 101 Å². The molecule has 2 N–H and O–H groups in total. The van der Waals surface area contributed by atoms with Crippen LogP contribution in [0.15, 0.2) is 67.0 Å². The Morgan fingerprint density at radius 3 is 2.55 bits per heavy atom. The number of nitrogens with zero attached hydrogens (tertiary/aromatic N) is 4. The summed E-state index contributed by atoms with van der Waals surface area (Å²) < 4.78 is 1.44. The molecule has 0 unspecified atom stereocenters. The zero-order valence-corrected chi connectivity index (χ0v) is 17.2. The summed E-state index contributed by atoms with van der Waals surface area (Å²) in [7, 11) is 0. The van der Waals surface area contributed by atoms with E-state index in [9.17, 15) is 15.0 Å². The number of rotatable bonds is 7. The zero-order valence-electron chi connectivity index (χ0n) is 16.4. The standard InChI is InChI=1S/C23H19ClN4O3/c24-19-6-2-1-5-17(19)22-18(23(30)31)14-28(27-22)21-12-13-25-20(26-21)7-3-4-15-8-10-16(29)11-9-15/h1-2,5-6,8-14,29H,3-4,7H2,(H,30,31). The number of aromatic carboxylic acids is 1. The highest BCUT2D eigenvalue weighted by Crippen LogP contribution is 2.29. The summed E-state index contributed by atoms with van der Waals surface area (Å²) in [5, 5.41) is 23.9. The smallest absolute Gasteiger partial charge is 0.339 e. The monoisotopic (exact) mass is 434 g/mol. The van der Waals surface area contributed by atoms with Crippen LogP contribution in [0, 0.1) is 0 Å². The van der Waals surface area contributed by atoms with E-state index >= 15 is 0 Å². The highest BCUT2D eigenvalue weighted by atomic mass is 35.5. The van der Waals surface area contributed by atoms with Crippen molar-refractivity contribution in [3.63, 3.8) is 0 Å². The van der Waals surface area contributed by atoms with E-state index in [0.717, 1.165) is 18.4 Å². The molecule has 0 fully saturated rings. The van der Waals surface area contributed by atoms with Crippen LogP contribution in [0.3, 0.4) is 0 Å². The number of aryl methyl sites for hydroxylation is 2. The van der Waals surface area contributed by atoms with Crippen molar-refractivity contribution in [2.75, 3.05) is 0 Å². The molecule has 0 aliphatic heterocycles. The Hall–Kier alpha value is -3.71. The molecule has 8 heteroatoms. The highest BCUT2D eigenvalue weighted by molar-refractivity contribution is 6.33. The van der Waals surface area contributed by atoms with E-state index in [1.165, 1.54) is 10.9 Å². The maximum atomic E-state index is 11.8. The van der Waals surface area contributed by atoms with Crippen LogP contribution in [0.2, 0.25) is 5.02 Å². The molecule has 156 valence electrons. The lowest BCUT2D eigenvalue weighted by Gasteiger charge is -2.05. The van der Waals surface area contributed by atoms with Crippen LogP contribution in [0.5, 0.6) is 5.75 Å². The van der Waals surface area contributed by atoms with Crippen molar-refractivity contribution in [3.8, 4) is 22.8 Å². The van der Waals surface area contributed by atoms with Crippen molar-refractivity contribution >= 4 is 17.6 Å². The SMILES string of the molecule is O=C(O)c1cn(-c2ccnc(CCCc3ccc(O)cc3)n2)nc1-c1ccccc1Cl. The van der Waals surface area contributed by atoms with Crippen LogP contribution in [-0.2, 0) is 12.8 Å². The van der Waals surface area contributed by atoms with Gasteiger partial charge in [-0.3, -0.25) is 0 Å². The summed E-state index contributed by atoms with van der Waals surface area (Å²) in [6, 6.07) is 15.8. The Bertz CT molecular complexity index is 1220. The quantitative estimate of drug-likeness (QED) is 0.442. The van der Waals surface area contributed by atoms with Gasteiger partial charge in [-0.2, -0.15) is 5.10 Å². The van der Waals surface area contributed by atoms with Crippen LogP contribution < -0.4 is 0 Å². The summed E-state index contributed by atoms with van der Waals surface area (Å²) in [6.45, 7) is 0. The van der Waals surface area contributed by atoms with E-state index in [-0.39, 0.29) is 17.0 Å². The summed E-state index contributed by atoms with van der Waals surface area (Å²) >= 11 is 6.25. The normalized spacial score (nSPS) is 10.9. The van der Waals surface area contributed by atoms with Gasteiger partial charge >= 0.3 is 5.97 Å². The third-order valence-corrected chi connectivity index (χ3v) is 5.13. The summed E-state index contributed by atoms with van der Waals surface area (Å²) in [5.41, 5.74) is 1.99. The van der Waals surface area contributed by atoms with E-state index in [1.54, 1.807) is 48.7 Å². The third-order valence-electron chi connectivity index (χ3n) is 4.80. The number of halogens is 1. The van der Waals surface area contributed by atoms with Crippen LogP contribution >= 0.6 is 11.6 Å². The Morgan fingerprint density at radius 2 is 1.81 bits per heavy atom. The van der Waals surface area contributed by atoms with Crippen molar-refractivity contribution in [2.45, 2.75) is 19.3 Å². The number of phenols is 1. The van der Waals surface area contributed by atoms with Crippen LogP contribution in [0.25, 0.3) is 17.1 Å². The average Bonchev–Trinajstić information content (AvgIpc) is 3.21. The predicted octanol–water partition coefficient (Wildman–Crippen LogP) is 4.56. The fourth-order valence-corrected chi connectivity index (χ4v) is 3.47. The van der Waals surface area contributed by atoms with Crippen LogP contribution in [0.1, 0.15) is 28.2 Å². The van der Waals surface area contributed by atoms with Crippen molar-refractivity contribution in [1.29, 1.82) is 0 Å². The molecule has 0 aliphatic carbocycles. The first-order valence-electron chi connectivity index (χ1n) is 9.69. The van der Waals surface area contributed by atoms with Gasteiger partial charge in [0.05, 0.1) is 5.02 Å². The van der Waals surface area contributed by atoms with E-state index < -0.39 is 5.97 Å². The van der Waals surface area contributed by atoms with Crippen LogP contribution in [0.4, 0.5) is 0 Å². The number of phenolic OH excluding ortho intramolecular Hbond substituents is 1. The van der Waals surface area contributed by atoms with E-state index in [0.29, 0.717) is 28.6 Å². The molecular weight excluding hydrogens is 416 g/mol. The lowest BCUT2D eigenvalue weighted by Crippen LogP contribution is -2.04. The number of carboxylic acid groups (broad SMARTS) is 1. The molecule has 2 aromatic heterocycles. The minimum Gasteiger partial charge on any atom is -0.508 e. The van der Waals surface area contributed by atoms with Crippen molar-refractivity contribution < 1.29 is 15.0 Å². The fourth-order valence-electron chi connectivity index (χ4n) is 3.25. The van der Waals surface area contributed by atoms with E-state index in [1.807, 2.05) is 12.1 Å². The molecule has 0 saturated carbocycles. The van der Waals surface area contributed by atoms with Crippen molar-refractivity contribution in [1.82, 2.24) is 19.7 Å². The second-order valence-electron chi connectivity index (χ2n) is 6.97. The Balaban J connectivity index is 1.56. The van der Waals surface area contributed by atoms with Gasteiger partial charge in [0.15, 0.2) is 5.82 Å². The second kappa shape index (κ2) is 8.97. The van der Waals surface area contributed by atoms with Gasteiger partial charge in [0, 0.05) is 30.4 Å². The fraction of sp³-hybridized carbons (Fsp3) is 0.130. The number of carboxylic acids is 1. The van der Waals surface area contributed by atoms with Gasteiger partial charge in [0.2, 0.25) is 0 Å². The number of benzene rings is 2. The minimum atomic E-state index is -1.09.